The Morgan fingerprint density at radius 1 is 1.17 bits per heavy atom. The Bertz CT molecular complexity index is 890. The third kappa shape index (κ3) is 3.07. The van der Waals surface area contributed by atoms with E-state index in [4.69, 9.17) is 0 Å². The summed E-state index contributed by atoms with van der Waals surface area (Å²) in [6.45, 7) is 0. The van der Waals surface area contributed by atoms with Gasteiger partial charge in [-0.25, -0.2) is 4.79 Å². The van der Waals surface area contributed by atoms with E-state index in [1.54, 1.807) is 36.4 Å². The number of aromatic nitrogens is 2. The summed E-state index contributed by atoms with van der Waals surface area (Å²) in [4.78, 5) is 19.8. The molecule has 1 aromatic carbocycles. The van der Waals surface area contributed by atoms with Crippen molar-refractivity contribution in [3.05, 3.63) is 53.3 Å². The highest BCUT2D eigenvalue weighted by molar-refractivity contribution is 9.10. The molecule has 8 heteroatoms. The molecule has 0 atom stereocenters. The van der Waals surface area contributed by atoms with Crippen molar-refractivity contribution in [2.24, 2.45) is 0 Å². The first-order valence-corrected chi connectivity index (χ1v) is 7.16. The Kier molecular flexibility index (Phi) is 3.85. The van der Waals surface area contributed by atoms with Crippen molar-refractivity contribution in [1.82, 2.24) is 9.71 Å². The predicted molar refractivity (Wildman–Crippen MR) is 80.5 cm³/mol. The summed E-state index contributed by atoms with van der Waals surface area (Å²) in [5.41, 5.74) is 1.14. The minimum absolute atomic E-state index is 0.289. The first-order valence-electron chi connectivity index (χ1n) is 6.37. The summed E-state index contributed by atoms with van der Waals surface area (Å²) in [7, 11) is 0. The van der Waals surface area contributed by atoms with Gasteiger partial charge in [0.25, 0.3) is 0 Å². The van der Waals surface area contributed by atoms with Crippen LogP contribution in [0.2, 0.25) is 0 Å². The van der Waals surface area contributed by atoms with Gasteiger partial charge in [-0.15, -0.1) is 0 Å². The lowest BCUT2D eigenvalue weighted by atomic mass is 10.2. The van der Waals surface area contributed by atoms with Crippen molar-refractivity contribution in [2.75, 3.05) is 0 Å². The van der Waals surface area contributed by atoms with Gasteiger partial charge in [0, 0.05) is 27.8 Å². The Morgan fingerprint density at radius 3 is 2.61 bits per heavy atom. The fraction of sp³-hybridized carbons (Fsp3) is 0.0667. The number of carbonyl (C=O) groups is 1. The topological polar surface area (TPSA) is 44.1 Å². The SMILES string of the molecule is O=C(On1c(-c2cncc(Br)c2)cc2ccccc21)C(F)(F)F. The fourth-order valence-electron chi connectivity index (χ4n) is 2.12. The monoisotopic (exact) mass is 384 g/mol. The van der Waals surface area contributed by atoms with Gasteiger partial charge in [0.05, 0.1) is 11.2 Å². The Morgan fingerprint density at radius 2 is 1.91 bits per heavy atom. The molecule has 3 aromatic rings. The van der Waals surface area contributed by atoms with Gasteiger partial charge in [-0.3, -0.25) is 4.98 Å². The van der Waals surface area contributed by atoms with Crippen molar-refractivity contribution in [2.45, 2.75) is 6.18 Å². The molecule has 3 rings (SSSR count). The van der Waals surface area contributed by atoms with E-state index in [1.165, 1.54) is 12.4 Å². The van der Waals surface area contributed by atoms with Crippen LogP contribution in [-0.4, -0.2) is 21.9 Å². The molecule has 0 unspecified atom stereocenters. The van der Waals surface area contributed by atoms with Crippen molar-refractivity contribution in [1.29, 1.82) is 0 Å². The molecule has 118 valence electrons. The molecule has 0 saturated heterocycles. The molecule has 0 amide bonds. The van der Waals surface area contributed by atoms with Crippen LogP contribution in [0, 0.1) is 0 Å². The van der Waals surface area contributed by atoms with E-state index in [0.717, 1.165) is 4.73 Å². The molecule has 0 N–H and O–H groups in total. The molecule has 23 heavy (non-hydrogen) atoms. The van der Waals surface area contributed by atoms with E-state index in [9.17, 15) is 18.0 Å². The van der Waals surface area contributed by atoms with E-state index in [1.807, 2.05) is 0 Å². The second-order valence-electron chi connectivity index (χ2n) is 4.65. The molecule has 0 bridgehead atoms. The van der Waals surface area contributed by atoms with Gasteiger partial charge in [-0.2, -0.15) is 17.9 Å². The highest BCUT2D eigenvalue weighted by Crippen LogP contribution is 2.29. The summed E-state index contributed by atoms with van der Waals surface area (Å²) in [6, 6.07) is 9.95. The molecule has 4 nitrogen and oxygen atoms in total. The lowest BCUT2D eigenvalue weighted by Crippen LogP contribution is -2.33. The number of carbonyl (C=O) groups excluding carboxylic acids is 1. The van der Waals surface area contributed by atoms with Crippen LogP contribution in [0.5, 0.6) is 0 Å². The average Bonchev–Trinajstić information content (AvgIpc) is 2.85. The number of para-hydroxylation sites is 1. The number of rotatable bonds is 2. The summed E-state index contributed by atoms with van der Waals surface area (Å²) < 4.78 is 39.1. The normalized spacial score (nSPS) is 11.7. The number of hydrogen-bond acceptors (Lipinski definition) is 3. The molecule has 2 aromatic heterocycles. The van der Waals surface area contributed by atoms with Gasteiger partial charge >= 0.3 is 12.1 Å². The molecule has 0 aliphatic rings. The van der Waals surface area contributed by atoms with Gasteiger partial charge in [-0.05, 0) is 34.1 Å². The van der Waals surface area contributed by atoms with Crippen molar-refractivity contribution < 1.29 is 22.8 Å². The van der Waals surface area contributed by atoms with E-state index in [-0.39, 0.29) is 5.69 Å². The fourth-order valence-corrected chi connectivity index (χ4v) is 2.48. The number of nitrogens with zero attached hydrogens (tertiary/aromatic N) is 2. The van der Waals surface area contributed by atoms with Crippen LogP contribution >= 0.6 is 15.9 Å². The average molecular weight is 385 g/mol. The molecule has 0 spiro atoms. The molecule has 2 heterocycles. The van der Waals surface area contributed by atoms with Crippen molar-refractivity contribution >= 4 is 32.8 Å². The van der Waals surface area contributed by atoms with Crippen LogP contribution in [0.4, 0.5) is 13.2 Å². The molecule has 0 fully saturated rings. The van der Waals surface area contributed by atoms with Crippen LogP contribution in [0.3, 0.4) is 0 Å². The van der Waals surface area contributed by atoms with Crippen LogP contribution < -0.4 is 4.84 Å². The smallest absolute Gasteiger partial charge is 0.327 e. The van der Waals surface area contributed by atoms with Gasteiger partial charge in [0.2, 0.25) is 0 Å². The lowest BCUT2D eigenvalue weighted by Gasteiger charge is -2.12. The maximum Gasteiger partial charge on any atom is 0.493 e. The first-order chi connectivity index (χ1) is 10.9. The van der Waals surface area contributed by atoms with Crippen molar-refractivity contribution in [3.63, 3.8) is 0 Å². The zero-order valence-electron chi connectivity index (χ0n) is 11.3. The maximum absolute atomic E-state index is 12.5. The van der Waals surface area contributed by atoms with Gasteiger partial charge < -0.3 is 4.84 Å². The quantitative estimate of drug-likeness (QED) is 0.671. The number of hydrogen-bond donors (Lipinski definition) is 0. The van der Waals surface area contributed by atoms with E-state index < -0.39 is 12.1 Å². The Balaban J connectivity index is 2.17. The predicted octanol–water partition coefficient (Wildman–Crippen LogP) is 3.98. The van der Waals surface area contributed by atoms with Gasteiger partial charge in [-0.1, -0.05) is 18.2 Å². The number of alkyl halides is 3. The number of fused-ring (bicyclic) bond motifs is 1. The van der Waals surface area contributed by atoms with Crippen LogP contribution in [-0.2, 0) is 4.79 Å². The third-order valence-corrected chi connectivity index (χ3v) is 3.51. The zero-order chi connectivity index (χ0) is 16.6. The number of halogens is 4. The largest absolute Gasteiger partial charge is 0.493 e. The van der Waals surface area contributed by atoms with Crippen LogP contribution in [0.1, 0.15) is 0 Å². The maximum atomic E-state index is 12.5. The summed E-state index contributed by atoms with van der Waals surface area (Å²) in [5.74, 6) is -2.29. The zero-order valence-corrected chi connectivity index (χ0v) is 12.9. The number of pyridine rings is 1. The molecular weight excluding hydrogens is 377 g/mol. The third-order valence-electron chi connectivity index (χ3n) is 3.07. The minimum Gasteiger partial charge on any atom is -0.327 e. The summed E-state index contributed by atoms with van der Waals surface area (Å²) in [6.07, 6.45) is -2.08. The number of benzene rings is 1. The Hall–Kier alpha value is -2.35. The second kappa shape index (κ2) is 5.69. The van der Waals surface area contributed by atoms with E-state index in [2.05, 4.69) is 25.8 Å². The molecule has 0 radical (unpaired) electrons. The lowest BCUT2D eigenvalue weighted by molar-refractivity contribution is -0.199. The first kappa shape index (κ1) is 15.5. The highest BCUT2D eigenvalue weighted by atomic mass is 79.9. The molecule has 0 aliphatic carbocycles. The highest BCUT2D eigenvalue weighted by Gasteiger charge is 2.42. The summed E-state index contributed by atoms with van der Waals surface area (Å²) in [5, 5.41) is 0.637. The summed E-state index contributed by atoms with van der Waals surface area (Å²) >= 11 is 3.25. The van der Waals surface area contributed by atoms with Crippen molar-refractivity contribution in [3.8, 4) is 11.3 Å². The van der Waals surface area contributed by atoms with Crippen LogP contribution in [0.25, 0.3) is 22.2 Å². The standard InChI is InChI=1S/C15H8BrF3N2O2/c16-11-5-10(7-20-8-11)13-6-9-3-1-2-4-12(9)21(13)23-14(22)15(17,18)19/h1-8H. The van der Waals surface area contributed by atoms with Crippen LogP contribution in [0.15, 0.2) is 53.3 Å². The van der Waals surface area contributed by atoms with E-state index in [0.29, 0.717) is 20.9 Å². The van der Waals surface area contributed by atoms with E-state index >= 15 is 0 Å². The molecule has 0 aliphatic heterocycles. The second-order valence-corrected chi connectivity index (χ2v) is 5.57. The minimum atomic E-state index is -5.09. The van der Waals surface area contributed by atoms with Gasteiger partial charge in [0.15, 0.2) is 0 Å². The Labute approximate surface area is 136 Å². The molecule has 0 saturated carbocycles. The molecular formula is C15H8BrF3N2O2. The van der Waals surface area contributed by atoms with Gasteiger partial charge in [0.1, 0.15) is 0 Å².